The highest BCUT2D eigenvalue weighted by molar-refractivity contribution is 5.69. The van der Waals surface area contributed by atoms with Crippen LogP contribution in [-0.4, -0.2) is 6.21 Å². The van der Waals surface area contributed by atoms with E-state index >= 15 is 0 Å². The van der Waals surface area contributed by atoms with E-state index in [0.717, 1.165) is 5.56 Å². The summed E-state index contributed by atoms with van der Waals surface area (Å²) in [6.45, 7) is 2.53. The number of nitrogens with two attached hydrogens (primary N) is 2. The molecule has 0 amide bonds. The maximum atomic E-state index is 6.20. The van der Waals surface area contributed by atoms with Gasteiger partial charge in [0.25, 0.3) is 0 Å². The number of rotatable bonds is 5. The lowest BCUT2D eigenvalue weighted by molar-refractivity contribution is 0.802. The van der Waals surface area contributed by atoms with E-state index in [9.17, 15) is 0 Å². The number of benzene rings is 2. The molecule has 4 nitrogen and oxygen atoms in total. The quantitative estimate of drug-likeness (QED) is 0.582. The van der Waals surface area contributed by atoms with Crippen LogP contribution in [-0.2, 0) is 6.54 Å². The Morgan fingerprint density at radius 1 is 1.10 bits per heavy atom. The predicted octanol–water partition coefficient (Wildman–Crippen LogP) is 2.73. The van der Waals surface area contributed by atoms with Gasteiger partial charge in [0, 0.05) is 24.0 Å². The lowest BCUT2D eigenvalue weighted by Crippen LogP contribution is -2.16. The van der Waals surface area contributed by atoms with Gasteiger partial charge >= 0.3 is 0 Å². The smallest absolute Gasteiger partial charge is 0.149 e. The first-order valence-electron chi connectivity index (χ1n) is 6.83. The van der Waals surface area contributed by atoms with Crippen molar-refractivity contribution in [3.8, 4) is 0 Å². The molecule has 0 fully saturated rings. The van der Waals surface area contributed by atoms with Crippen LogP contribution in [0.5, 0.6) is 0 Å². The van der Waals surface area contributed by atoms with E-state index in [1.54, 1.807) is 6.21 Å². The average Bonchev–Trinajstić information content (AvgIpc) is 2.52. The highest BCUT2D eigenvalue weighted by Crippen LogP contribution is 2.15. The fourth-order valence-corrected chi connectivity index (χ4v) is 1.92. The molecule has 0 aromatic heterocycles. The first kappa shape index (κ1) is 14.7. The Bertz CT molecular complexity index is 628. The minimum atomic E-state index is 0.601. The summed E-state index contributed by atoms with van der Waals surface area (Å²) in [4.78, 5) is 4.33. The Labute approximate surface area is 125 Å². The second-order valence-electron chi connectivity index (χ2n) is 4.61. The molecule has 2 aromatic carbocycles. The van der Waals surface area contributed by atoms with Gasteiger partial charge in [0.2, 0.25) is 0 Å². The highest BCUT2D eigenvalue weighted by Gasteiger charge is 2.04. The summed E-state index contributed by atoms with van der Waals surface area (Å²) in [5.74, 6) is 0.658. The minimum Gasteiger partial charge on any atom is -0.399 e. The largest absolute Gasteiger partial charge is 0.399 e. The Morgan fingerprint density at radius 3 is 2.38 bits per heavy atom. The van der Waals surface area contributed by atoms with Crippen molar-refractivity contribution in [3.05, 3.63) is 71.5 Å². The van der Waals surface area contributed by atoms with E-state index in [1.165, 1.54) is 5.56 Å². The van der Waals surface area contributed by atoms with Crippen LogP contribution < -0.4 is 16.8 Å². The van der Waals surface area contributed by atoms with E-state index in [0.29, 0.717) is 23.8 Å². The first-order valence-corrected chi connectivity index (χ1v) is 6.83. The third-order valence-corrected chi connectivity index (χ3v) is 3.04. The van der Waals surface area contributed by atoms with Gasteiger partial charge in [-0.3, -0.25) is 0 Å². The third-order valence-electron chi connectivity index (χ3n) is 3.04. The van der Waals surface area contributed by atoms with Crippen molar-refractivity contribution in [2.24, 2.45) is 10.7 Å². The molecule has 0 bridgehead atoms. The topological polar surface area (TPSA) is 76.4 Å². The molecule has 21 heavy (non-hydrogen) atoms. The van der Waals surface area contributed by atoms with Crippen molar-refractivity contribution >= 4 is 17.6 Å². The molecule has 108 valence electrons. The monoisotopic (exact) mass is 280 g/mol. The molecule has 0 saturated carbocycles. The van der Waals surface area contributed by atoms with Crippen LogP contribution in [0, 0.1) is 0 Å². The fraction of sp³-hybridized carbons (Fsp3) is 0.118. The lowest BCUT2D eigenvalue weighted by atomic mass is 10.1. The molecule has 2 rings (SSSR count). The van der Waals surface area contributed by atoms with E-state index in [4.69, 9.17) is 11.5 Å². The van der Waals surface area contributed by atoms with Gasteiger partial charge in [0.15, 0.2) is 0 Å². The van der Waals surface area contributed by atoms with Crippen molar-refractivity contribution in [3.63, 3.8) is 0 Å². The van der Waals surface area contributed by atoms with Crippen LogP contribution in [0.4, 0.5) is 5.69 Å². The molecule has 0 radical (unpaired) electrons. The molecular weight excluding hydrogens is 260 g/mol. The van der Waals surface area contributed by atoms with Crippen LogP contribution in [0.25, 0.3) is 5.70 Å². The van der Waals surface area contributed by atoms with Crippen LogP contribution in [0.1, 0.15) is 18.1 Å². The maximum absolute atomic E-state index is 6.20. The van der Waals surface area contributed by atoms with Crippen LogP contribution >= 0.6 is 0 Å². The fourth-order valence-electron chi connectivity index (χ4n) is 1.92. The van der Waals surface area contributed by atoms with Gasteiger partial charge in [0.1, 0.15) is 5.82 Å². The van der Waals surface area contributed by atoms with Crippen molar-refractivity contribution in [1.82, 2.24) is 5.32 Å². The molecule has 0 heterocycles. The maximum Gasteiger partial charge on any atom is 0.149 e. The Hall–Kier alpha value is -2.75. The van der Waals surface area contributed by atoms with E-state index in [1.807, 2.05) is 49.4 Å². The Kier molecular flexibility index (Phi) is 4.99. The molecular formula is C17H20N4. The average molecular weight is 280 g/mol. The summed E-state index contributed by atoms with van der Waals surface area (Å²) in [5, 5.41) is 3.28. The third kappa shape index (κ3) is 4.11. The number of aliphatic imine (C=N–C) groups is 1. The molecule has 0 aliphatic heterocycles. The molecule has 5 N–H and O–H groups in total. The van der Waals surface area contributed by atoms with E-state index in [2.05, 4.69) is 22.4 Å². The molecule has 0 spiro atoms. The second-order valence-corrected chi connectivity index (χ2v) is 4.61. The zero-order valence-electron chi connectivity index (χ0n) is 12.1. The van der Waals surface area contributed by atoms with Crippen LogP contribution in [0.15, 0.2) is 65.4 Å². The Morgan fingerprint density at radius 2 is 1.76 bits per heavy atom. The van der Waals surface area contributed by atoms with Crippen molar-refractivity contribution in [2.45, 2.75) is 13.5 Å². The van der Waals surface area contributed by atoms with Gasteiger partial charge in [-0.1, -0.05) is 42.5 Å². The van der Waals surface area contributed by atoms with Gasteiger partial charge < -0.3 is 16.8 Å². The highest BCUT2D eigenvalue weighted by atomic mass is 15.0. The summed E-state index contributed by atoms with van der Waals surface area (Å²) in [6.07, 6.45) is 1.72. The van der Waals surface area contributed by atoms with Gasteiger partial charge in [-0.15, -0.1) is 0 Å². The lowest BCUT2D eigenvalue weighted by Gasteiger charge is -2.11. The standard InChI is InChI=1S/C17H20N4/c1-2-20-17(21-12-13-6-4-3-5-7-13)16(19)14-8-10-15(18)11-9-14/h2-11,21H,12,18-19H2,1H3/b17-16+,20-2-. The Balaban J connectivity index is 2.20. The SMILES string of the molecule is C/C=N\C(NCc1ccccc1)=C(/N)c1ccc(N)cc1. The number of hydrogen-bond acceptors (Lipinski definition) is 4. The summed E-state index contributed by atoms with van der Waals surface area (Å²) < 4.78 is 0. The number of nitrogens with zero attached hydrogens (tertiary/aromatic N) is 1. The summed E-state index contributed by atoms with van der Waals surface area (Å²) in [5.41, 5.74) is 15.3. The molecule has 0 aliphatic carbocycles. The van der Waals surface area contributed by atoms with Gasteiger partial charge in [0.05, 0.1) is 5.70 Å². The molecule has 0 saturated heterocycles. The molecule has 0 atom stereocenters. The van der Waals surface area contributed by atoms with Crippen molar-refractivity contribution in [2.75, 3.05) is 5.73 Å². The van der Waals surface area contributed by atoms with Crippen molar-refractivity contribution < 1.29 is 0 Å². The van der Waals surface area contributed by atoms with Gasteiger partial charge in [-0.05, 0) is 24.6 Å². The summed E-state index contributed by atoms with van der Waals surface area (Å²) in [6, 6.07) is 17.5. The summed E-state index contributed by atoms with van der Waals surface area (Å²) in [7, 11) is 0. The van der Waals surface area contributed by atoms with E-state index in [-0.39, 0.29) is 0 Å². The zero-order valence-corrected chi connectivity index (χ0v) is 12.1. The number of hydrogen-bond donors (Lipinski definition) is 3. The number of nitrogens with one attached hydrogen (secondary N) is 1. The van der Waals surface area contributed by atoms with Crippen LogP contribution in [0.3, 0.4) is 0 Å². The molecule has 2 aromatic rings. The van der Waals surface area contributed by atoms with Crippen molar-refractivity contribution in [1.29, 1.82) is 0 Å². The first-order chi connectivity index (χ1) is 10.2. The molecule has 4 heteroatoms. The van der Waals surface area contributed by atoms with Gasteiger partial charge in [-0.25, -0.2) is 4.99 Å². The minimum absolute atomic E-state index is 0.601. The normalized spacial score (nSPS) is 12.2. The second kappa shape index (κ2) is 7.14. The number of nitrogen functional groups attached to an aromatic ring is 1. The van der Waals surface area contributed by atoms with Gasteiger partial charge in [-0.2, -0.15) is 0 Å². The molecule has 0 aliphatic rings. The molecule has 0 unspecified atom stereocenters. The van der Waals surface area contributed by atoms with Crippen LogP contribution in [0.2, 0.25) is 0 Å². The zero-order chi connectivity index (χ0) is 15.1. The predicted molar refractivity (Wildman–Crippen MR) is 89.4 cm³/mol. The van der Waals surface area contributed by atoms with E-state index < -0.39 is 0 Å². The summed E-state index contributed by atoms with van der Waals surface area (Å²) >= 11 is 0. The number of anilines is 1.